The Kier molecular flexibility index (Phi) is 4.27. The second-order valence-corrected chi connectivity index (χ2v) is 7.88. The maximum Gasteiger partial charge on any atom is 0.0483 e. The lowest BCUT2D eigenvalue weighted by Crippen LogP contribution is -1.85. The minimum Gasteiger partial charge on any atom is -0.261 e. The van der Waals surface area contributed by atoms with Crippen molar-refractivity contribution in [2.24, 2.45) is 0 Å². The smallest absolute Gasteiger partial charge is 0.0483 e. The van der Waals surface area contributed by atoms with E-state index in [1.54, 1.807) is 0 Å². The van der Waals surface area contributed by atoms with E-state index in [9.17, 15) is 0 Å². The van der Waals surface area contributed by atoms with E-state index in [-0.39, 0.29) is 0 Å². The average molecular weight is 327 g/mol. The van der Waals surface area contributed by atoms with Gasteiger partial charge in [0, 0.05) is 28.6 Å². The molecule has 2 heterocycles. The number of benzene rings is 2. The Morgan fingerprint density at radius 3 is 1.62 bits per heavy atom. The van der Waals surface area contributed by atoms with Crippen LogP contribution >= 0.6 is 7.53 Å². The molecule has 116 valence electrons. The van der Waals surface area contributed by atoms with Gasteiger partial charge >= 0.3 is 0 Å². The first-order valence-electron chi connectivity index (χ1n) is 8.12. The highest BCUT2D eigenvalue weighted by atomic mass is 31.1. The Bertz CT molecular complexity index is 855. The van der Waals surface area contributed by atoms with Crippen molar-refractivity contribution in [1.29, 1.82) is 0 Å². The third-order valence-corrected chi connectivity index (χ3v) is 6.78. The largest absolute Gasteiger partial charge is 0.261 e. The maximum atomic E-state index is 4.56. The highest BCUT2D eigenvalue weighted by molar-refractivity contribution is 7.55. The average Bonchev–Trinajstić information content (AvgIpc) is 3.07. The monoisotopic (exact) mass is 327 g/mol. The number of nitrogens with zero attached hydrogens (tertiary/aromatic N) is 1. The molecule has 0 N–H and O–H groups in total. The van der Waals surface area contributed by atoms with Crippen LogP contribution in [-0.4, -0.2) is 4.98 Å². The molecule has 2 aromatic heterocycles. The summed E-state index contributed by atoms with van der Waals surface area (Å²) in [5.74, 6) is 0. The lowest BCUT2D eigenvalue weighted by Gasteiger charge is -2.10. The summed E-state index contributed by atoms with van der Waals surface area (Å²) in [5, 5.41) is 2.88. The molecule has 2 aromatic carbocycles. The lowest BCUT2D eigenvalue weighted by molar-refractivity contribution is 1.17. The van der Waals surface area contributed by atoms with Crippen molar-refractivity contribution in [3.8, 4) is 21.7 Å². The minimum absolute atomic E-state index is 0.441. The number of rotatable bonds is 4. The normalized spacial score (nSPS) is 10.7. The van der Waals surface area contributed by atoms with Gasteiger partial charge in [0.15, 0.2) is 0 Å². The predicted molar refractivity (Wildman–Crippen MR) is 103 cm³/mol. The number of hydrogen-bond donors (Lipinski definition) is 0. The van der Waals surface area contributed by atoms with Gasteiger partial charge in [0.1, 0.15) is 0 Å². The molecule has 0 atom stereocenters. The number of pyridine rings is 1. The summed E-state index contributed by atoms with van der Waals surface area (Å²) in [7, 11) is -0.441. The molecule has 4 aromatic rings. The van der Waals surface area contributed by atoms with Crippen molar-refractivity contribution < 1.29 is 0 Å². The third kappa shape index (κ3) is 3.04. The number of aromatic nitrogens is 1. The Balaban J connectivity index is 1.85. The first-order valence-corrected chi connectivity index (χ1v) is 9.65. The van der Waals surface area contributed by atoms with Gasteiger partial charge in [-0.3, -0.25) is 4.98 Å². The van der Waals surface area contributed by atoms with E-state index in [4.69, 9.17) is 0 Å². The molecule has 2 heteroatoms. The second-order valence-electron chi connectivity index (χ2n) is 5.74. The van der Waals surface area contributed by atoms with Crippen LogP contribution in [0.3, 0.4) is 0 Å². The van der Waals surface area contributed by atoms with E-state index in [1.165, 1.54) is 21.7 Å². The lowest BCUT2D eigenvalue weighted by atomic mass is 10.2. The van der Waals surface area contributed by atoms with Gasteiger partial charge in [-0.2, -0.15) is 0 Å². The quantitative estimate of drug-likeness (QED) is 0.420. The zero-order valence-corrected chi connectivity index (χ0v) is 14.2. The summed E-state index contributed by atoms with van der Waals surface area (Å²) >= 11 is 0. The van der Waals surface area contributed by atoms with Crippen LogP contribution in [0.15, 0.2) is 97.2 Å². The van der Waals surface area contributed by atoms with E-state index < -0.39 is 7.53 Å². The van der Waals surface area contributed by atoms with Gasteiger partial charge in [0.25, 0.3) is 0 Å². The molecule has 0 fully saturated rings. The molecule has 0 spiro atoms. The fraction of sp³-hybridized carbons (Fsp3) is 0.0455. The molecule has 0 bridgehead atoms. The van der Waals surface area contributed by atoms with Gasteiger partial charge in [-0.15, -0.1) is 7.53 Å². The van der Waals surface area contributed by atoms with Gasteiger partial charge in [0.2, 0.25) is 0 Å². The van der Waals surface area contributed by atoms with Crippen LogP contribution in [0, 0.1) is 0 Å². The van der Waals surface area contributed by atoms with Crippen LogP contribution in [0.25, 0.3) is 21.7 Å². The standard InChI is InChI=1S/C22H18NP/c1-3-9-18(10-4-1)21-14-15-22(19-11-5-2-6-12-19)24(21)17-20-13-7-8-16-23-20/h1-16H,17H2. The SMILES string of the molecule is c1ccc(-c2ccc(-c3ccccc3)p2Cc2ccccn2)cc1. The first-order chi connectivity index (χ1) is 11.9. The Morgan fingerprint density at radius 1 is 0.583 bits per heavy atom. The summed E-state index contributed by atoms with van der Waals surface area (Å²) in [4.78, 5) is 4.56. The molecule has 0 amide bonds. The van der Waals surface area contributed by atoms with Gasteiger partial charge in [-0.1, -0.05) is 66.7 Å². The fourth-order valence-corrected chi connectivity index (χ4v) is 5.56. The van der Waals surface area contributed by atoms with E-state index >= 15 is 0 Å². The Labute approximate surface area is 143 Å². The summed E-state index contributed by atoms with van der Waals surface area (Å²) in [5.41, 5.74) is 3.80. The Morgan fingerprint density at radius 2 is 1.12 bits per heavy atom. The van der Waals surface area contributed by atoms with Crippen LogP contribution in [0.1, 0.15) is 5.69 Å². The van der Waals surface area contributed by atoms with E-state index in [0.717, 1.165) is 11.9 Å². The molecule has 4 rings (SSSR count). The van der Waals surface area contributed by atoms with Crippen molar-refractivity contribution in [1.82, 2.24) is 4.98 Å². The van der Waals surface area contributed by atoms with Crippen molar-refractivity contribution in [3.05, 3.63) is 103 Å². The Hall–Kier alpha value is -2.63. The van der Waals surface area contributed by atoms with Crippen molar-refractivity contribution >= 4 is 7.53 Å². The van der Waals surface area contributed by atoms with E-state index in [1.807, 2.05) is 12.3 Å². The van der Waals surface area contributed by atoms with Crippen molar-refractivity contribution in [2.45, 2.75) is 6.16 Å². The van der Waals surface area contributed by atoms with Gasteiger partial charge in [0.05, 0.1) is 0 Å². The van der Waals surface area contributed by atoms with Crippen LogP contribution in [0.4, 0.5) is 0 Å². The van der Waals surface area contributed by atoms with Gasteiger partial charge in [-0.25, -0.2) is 0 Å². The van der Waals surface area contributed by atoms with Crippen molar-refractivity contribution in [2.75, 3.05) is 0 Å². The maximum absolute atomic E-state index is 4.56. The molecule has 0 radical (unpaired) electrons. The molecule has 1 nitrogen and oxygen atoms in total. The topological polar surface area (TPSA) is 12.9 Å². The van der Waals surface area contributed by atoms with E-state index in [2.05, 4.69) is 89.9 Å². The molecular formula is C22H18NP. The molecule has 0 aliphatic heterocycles. The highest BCUT2D eigenvalue weighted by Gasteiger charge is 2.13. The predicted octanol–water partition coefficient (Wildman–Crippen LogP) is 6.45. The number of hydrogen-bond acceptors (Lipinski definition) is 1. The zero-order chi connectivity index (χ0) is 16.2. The molecule has 24 heavy (non-hydrogen) atoms. The molecule has 0 aliphatic carbocycles. The zero-order valence-electron chi connectivity index (χ0n) is 13.3. The van der Waals surface area contributed by atoms with Crippen LogP contribution in [0.2, 0.25) is 0 Å². The second kappa shape index (κ2) is 6.86. The molecule has 0 saturated heterocycles. The summed E-state index contributed by atoms with van der Waals surface area (Å²) in [6, 6.07) is 32.2. The van der Waals surface area contributed by atoms with Gasteiger partial charge < -0.3 is 0 Å². The summed E-state index contributed by atoms with van der Waals surface area (Å²) in [6.07, 6.45) is 2.87. The van der Waals surface area contributed by atoms with Crippen LogP contribution < -0.4 is 0 Å². The fourth-order valence-electron chi connectivity index (χ4n) is 3.01. The molecule has 0 aliphatic rings. The van der Waals surface area contributed by atoms with E-state index in [0.29, 0.717) is 0 Å². The molecule has 0 unspecified atom stereocenters. The first kappa shape index (κ1) is 14.9. The minimum atomic E-state index is -0.441. The highest BCUT2D eigenvalue weighted by Crippen LogP contribution is 2.52. The summed E-state index contributed by atoms with van der Waals surface area (Å²) < 4.78 is 0. The van der Waals surface area contributed by atoms with Crippen LogP contribution in [0.5, 0.6) is 0 Å². The van der Waals surface area contributed by atoms with Gasteiger partial charge in [-0.05, 0) is 35.4 Å². The molecule has 0 saturated carbocycles. The molecular weight excluding hydrogens is 309 g/mol. The summed E-state index contributed by atoms with van der Waals surface area (Å²) in [6.45, 7) is 0. The van der Waals surface area contributed by atoms with Crippen LogP contribution in [-0.2, 0) is 6.16 Å². The van der Waals surface area contributed by atoms with Crippen molar-refractivity contribution in [3.63, 3.8) is 0 Å². The third-order valence-electron chi connectivity index (χ3n) is 4.17.